The molecule has 0 amide bonds. The number of hydrogen-bond acceptors (Lipinski definition) is 1. The van der Waals surface area contributed by atoms with Gasteiger partial charge in [0.2, 0.25) is 0 Å². The van der Waals surface area contributed by atoms with E-state index in [4.69, 9.17) is 0 Å². The first-order valence-corrected chi connectivity index (χ1v) is 0. The molecule has 0 aliphatic rings. The molecule has 0 aliphatic heterocycles. The minimum atomic E-state index is 0. The number of rotatable bonds is 0. The van der Waals surface area contributed by atoms with Crippen LogP contribution in [0.25, 0.3) is 0 Å². The van der Waals surface area contributed by atoms with Gasteiger partial charge in [0.15, 0.2) is 0 Å². The summed E-state index contributed by atoms with van der Waals surface area (Å²) in [4.78, 5) is 0. The molecule has 0 unspecified atom stereocenters. The average Bonchev–Trinajstić information content (AvgIpc) is 0. The van der Waals surface area contributed by atoms with Crippen LogP contribution in [0.15, 0.2) is 0 Å². The van der Waals surface area contributed by atoms with Gasteiger partial charge in [0.1, 0.15) is 0 Å². The molecule has 0 rings (SSSR count). The molecule has 5 heavy (non-hydrogen) atoms. The Morgan fingerprint density at radius 1 is 0.800 bits per heavy atom. The molecule has 0 heterocycles. The minimum absolute atomic E-state index is 0. The molecule has 0 aromatic rings. The Kier molecular flexibility index (Phi) is 1820. The third-order valence-corrected chi connectivity index (χ3v) is 0. The van der Waals surface area contributed by atoms with E-state index in [0.717, 1.165) is 0 Å². The smallest absolute Gasteiger partial charge is 0 e. The standard InChI is InChI=1S/CH4.H3N.2H4Si.Ti/h1H4;1H3;2*1H4;. The fraction of sp³-hybridized carbons (Fsp3) is 1.00. The van der Waals surface area contributed by atoms with Crippen LogP contribution in [-0.2, 0) is 21.7 Å². The largest absolute Gasteiger partial charge is 0.344 e. The maximum absolute atomic E-state index is 0. The van der Waals surface area contributed by atoms with Crippen molar-refractivity contribution in [1.82, 2.24) is 6.15 Å². The Morgan fingerprint density at radius 3 is 0.800 bits per heavy atom. The van der Waals surface area contributed by atoms with Gasteiger partial charge in [0.25, 0.3) is 0 Å². The summed E-state index contributed by atoms with van der Waals surface area (Å²) in [5, 5.41) is 0. The molecule has 0 fully saturated rings. The van der Waals surface area contributed by atoms with Gasteiger partial charge >= 0.3 is 0 Å². The van der Waals surface area contributed by atoms with Crippen LogP contribution in [0.2, 0.25) is 0 Å². The zero-order valence-electron chi connectivity index (χ0n) is 1.21. The fourth-order valence-electron chi connectivity index (χ4n) is 0. The van der Waals surface area contributed by atoms with Crippen molar-refractivity contribution >= 4 is 21.9 Å². The second kappa shape index (κ2) is 70.2. The molecule has 0 spiro atoms. The summed E-state index contributed by atoms with van der Waals surface area (Å²) in [6.07, 6.45) is 0. The van der Waals surface area contributed by atoms with Crippen LogP contribution in [-0.4, -0.2) is 21.9 Å². The SMILES string of the molecule is C.N.[SiH4].[SiH4].[Ti]. The van der Waals surface area contributed by atoms with Gasteiger partial charge in [-0.3, -0.25) is 0 Å². The topological polar surface area (TPSA) is 35.0 Å². The van der Waals surface area contributed by atoms with Crippen molar-refractivity contribution in [1.29, 1.82) is 0 Å². The molecule has 3 N–H and O–H groups in total. The Bertz CT molecular complexity index is 9.61. The Morgan fingerprint density at radius 2 is 0.800 bits per heavy atom. The molecule has 4 heteroatoms. The molecule has 0 bridgehead atoms. The monoisotopic (exact) mass is 145 g/mol. The molecule has 36 valence electrons. The van der Waals surface area contributed by atoms with Crippen molar-refractivity contribution in [2.75, 3.05) is 0 Å². The van der Waals surface area contributed by atoms with Crippen LogP contribution >= 0.6 is 0 Å². The molecule has 1 nitrogen and oxygen atoms in total. The summed E-state index contributed by atoms with van der Waals surface area (Å²) in [6, 6.07) is 0. The summed E-state index contributed by atoms with van der Waals surface area (Å²) < 4.78 is 0. The van der Waals surface area contributed by atoms with E-state index in [-0.39, 0.29) is 57.2 Å². The molecule has 0 atom stereocenters. The van der Waals surface area contributed by atoms with Crippen LogP contribution in [0.1, 0.15) is 7.43 Å². The van der Waals surface area contributed by atoms with E-state index < -0.39 is 0 Å². The Labute approximate surface area is 57.4 Å². The summed E-state index contributed by atoms with van der Waals surface area (Å²) in [6.45, 7) is 0. The predicted octanol–water partition coefficient (Wildman–Crippen LogP) is -2.11. The van der Waals surface area contributed by atoms with Crippen LogP contribution in [0.5, 0.6) is 0 Å². The van der Waals surface area contributed by atoms with Crippen molar-refractivity contribution in [3.8, 4) is 0 Å². The average molecular weight is 145 g/mol. The van der Waals surface area contributed by atoms with E-state index in [1.165, 1.54) is 0 Å². The van der Waals surface area contributed by atoms with Crippen LogP contribution in [0, 0.1) is 0 Å². The zero-order valence-corrected chi connectivity index (χ0v) is 2.77. The first kappa shape index (κ1) is 130. The van der Waals surface area contributed by atoms with E-state index in [1.807, 2.05) is 0 Å². The maximum atomic E-state index is 0. The van der Waals surface area contributed by atoms with E-state index in [0.29, 0.717) is 0 Å². The molecular formula is CH15NSi2Ti. The van der Waals surface area contributed by atoms with E-state index >= 15 is 0 Å². The van der Waals surface area contributed by atoms with Crippen molar-refractivity contribution in [2.24, 2.45) is 0 Å². The van der Waals surface area contributed by atoms with Gasteiger partial charge in [-0.25, -0.2) is 0 Å². The molecular weight excluding hydrogens is 130 g/mol. The van der Waals surface area contributed by atoms with Gasteiger partial charge in [-0.05, 0) is 21.9 Å². The van der Waals surface area contributed by atoms with E-state index in [9.17, 15) is 0 Å². The van der Waals surface area contributed by atoms with Gasteiger partial charge in [0.05, 0.1) is 0 Å². The minimum Gasteiger partial charge on any atom is -0.344 e. The molecule has 0 radical (unpaired) electrons. The fourth-order valence-corrected chi connectivity index (χ4v) is 0. The Balaban J connectivity index is 0. The second-order valence-electron chi connectivity index (χ2n) is 0. The molecule has 0 aliphatic carbocycles. The molecule has 0 saturated heterocycles. The van der Waals surface area contributed by atoms with Crippen LogP contribution in [0.4, 0.5) is 0 Å². The van der Waals surface area contributed by atoms with Crippen LogP contribution < -0.4 is 6.15 Å². The van der Waals surface area contributed by atoms with Gasteiger partial charge in [0, 0.05) is 21.7 Å². The normalized spacial score (nSPS) is 0. The third-order valence-electron chi connectivity index (χ3n) is 0. The van der Waals surface area contributed by atoms with Crippen molar-refractivity contribution in [3.63, 3.8) is 0 Å². The third kappa shape index (κ3) is 40.2. The second-order valence-corrected chi connectivity index (χ2v) is 0. The van der Waals surface area contributed by atoms with Crippen molar-refractivity contribution < 1.29 is 21.7 Å². The maximum Gasteiger partial charge on any atom is 0 e. The van der Waals surface area contributed by atoms with Crippen molar-refractivity contribution in [3.05, 3.63) is 0 Å². The predicted molar refractivity (Wildman–Crippen MR) is 34.4 cm³/mol. The van der Waals surface area contributed by atoms with Crippen molar-refractivity contribution in [2.45, 2.75) is 7.43 Å². The summed E-state index contributed by atoms with van der Waals surface area (Å²) in [5.74, 6) is 0. The first-order chi connectivity index (χ1) is 0. The molecule has 0 aromatic carbocycles. The first-order valence-electron chi connectivity index (χ1n) is 0. The van der Waals surface area contributed by atoms with E-state index in [1.54, 1.807) is 0 Å². The summed E-state index contributed by atoms with van der Waals surface area (Å²) >= 11 is 0. The molecule has 0 aromatic heterocycles. The zero-order chi connectivity index (χ0) is 0. The summed E-state index contributed by atoms with van der Waals surface area (Å²) in [7, 11) is 0. The quantitative estimate of drug-likeness (QED) is 0.389. The molecule has 0 saturated carbocycles. The van der Waals surface area contributed by atoms with Gasteiger partial charge < -0.3 is 6.15 Å². The van der Waals surface area contributed by atoms with E-state index in [2.05, 4.69) is 0 Å². The van der Waals surface area contributed by atoms with Gasteiger partial charge in [-0.2, -0.15) is 0 Å². The van der Waals surface area contributed by atoms with Gasteiger partial charge in [-0.1, -0.05) is 7.43 Å². The van der Waals surface area contributed by atoms with Gasteiger partial charge in [-0.15, -0.1) is 0 Å². The Hall–Kier alpha value is 1.11. The summed E-state index contributed by atoms with van der Waals surface area (Å²) in [5.41, 5.74) is 0. The van der Waals surface area contributed by atoms with Crippen LogP contribution in [0.3, 0.4) is 0 Å². The number of hydrogen-bond donors (Lipinski definition) is 1.